The number of allylic oxidation sites excluding steroid dienone is 1. The Morgan fingerprint density at radius 1 is 1.30 bits per heavy atom. The van der Waals surface area contributed by atoms with Gasteiger partial charge in [0.05, 0.1) is 0 Å². The maximum absolute atomic E-state index is 3.81. The van der Waals surface area contributed by atoms with Crippen molar-refractivity contribution in [2.75, 3.05) is 0 Å². The molecule has 0 unspecified atom stereocenters. The van der Waals surface area contributed by atoms with Gasteiger partial charge < -0.3 is 0 Å². The molecule has 0 spiro atoms. The van der Waals surface area contributed by atoms with Crippen LogP contribution in [0, 0.1) is 5.41 Å². The smallest absolute Gasteiger partial charge is 0.0178 e. The highest BCUT2D eigenvalue weighted by Crippen LogP contribution is 2.24. The van der Waals surface area contributed by atoms with Gasteiger partial charge in [0.25, 0.3) is 0 Å². The monoisotopic (exact) mass is 140 g/mol. The van der Waals surface area contributed by atoms with Crippen molar-refractivity contribution in [2.24, 2.45) is 5.41 Å². The molecule has 0 rings (SSSR count). The SMILES string of the molecule is C=CC(C)(C)CCCCC. The van der Waals surface area contributed by atoms with Crippen molar-refractivity contribution in [2.45, 2.75) is 46.5 Å². The Balaban J connectivity index is 3.37. The van der Waals surface area contributed by atoms with E-state index in [1.54, 1.807) is 0 Å². The first kappa shape index (κ1) is 9.74. The predicted molar refractivity (Wildman–Crippen MR) is 48.1 cm³/mol. The van der Waals surface area contributed by atoms with E-state index in [1.807, 2.05) is 0 Å². The van der Waals surface area contributed by atoms with E-state index in [4.69, 9.17) is 0 Å². The zero-order valence-electron chi connectivity index (χ0n) is 7.61. The Morgan fingerprint density at radius 3 is 2.30 bits per heavy atom. The van der Waals surface area contributed by atoms with Gasteiger partial charge in [0.1, 0.15) is 0 Å². The Morgan fingerprint density at radius 2 is 1.90 bits per heavy atom. The molecule has 0 aromatic rings. The summed E-state index contributed by atoms with van der Waals surface area (Å²) in [5.41, 5.74) is 0.356. The second-order valence-corrected chi connectivity index (χ2v) is 3.65. The van der Waals surface area contributed by atoms with E-state index in [1.165, 1.54) is 25.7 Å². The third-order valence-electron chi connectivity index (χ3n) is 1.98. The average Bonchev–Trinajstić information content (AvgIpc) is 1.89. The second kappa shape index (κ2) is 4.54. The zero-order valence-corrected chi connectivity index (χ0v) is 7.61. The van der Waals surface area contributed by atoms with E-state index in [2.05, 4.69) is 33.4 Å². The van der Waals surface area contributed by atoms with Crippen LogP contribution in [0.4, 0.5) is 0 Å². The molecule has 0 aliphatic carbocycles. The van der Waals surface area contributed by atoms with E-state index >= 15 is 0 Å². The summed E-state index contributed by atoms with van der Waals surface area (Å²) in [6.45, 7) is 10.5. The van der Waals surface area contributed by atoms with Crippen LogP contribution in [0.1, 0.15) is 46.5 Å². The van der Waals surface area contributed by atoms with Crippen LogP contribution in [0.25, 0.3) is 0 Å². The lowest BCUT2D eigenvalue weighted by molar-refractivity contribution is 0.414. The van der Waals surface area contributed by atoms with E-state index in [9.17, 15) is 0 Å². The molecule has 0 atom stereocenters. The van der Waals surface area contributed by atoms with Crippen LogP contribution in [-0.4, -0.2) is 0 Å². The van der Waals surface area contributed by atoms with Crippen LogP contribution in [0.2, 0.25) is 0 Å². The van der Waals surface area contributed by atoms with E-state index in [0.717, 1.165) is 0 Å². The molecular formula is C10H20. The summed E-state index contributed by atoms with van der Waals surface area (Å²) in [6.07, 6.45) is 7.35. The van der Waals surface area contributed by atoms with Gasteiger partial charge in [-0.25, -0.2) is 0 Å². The highest BCUT2D eigenvalue weighted by molar-refractivity contribution is 4.86. The molecule has 0 bridgehead atoms. The van der Waals surface area contributed by atoms with Crippen LogP contribution in [0.5, 0.6) is 0 Å². The first-order valence-electron chi connectivity index (χ1n) is 4.26. The molecule has 0 radical (unpaired) electrons. The van der Waals surface area contributed by atoms with Gasteiger partial charge in [-0.15, -0.1) is 6.58 Å². The highest BCUT2D eigenvalue weighted by Gasteiger charge is 2.10. The minimum absolute atomic E-state index is 0.356. The molecule has 0 fully saturated rings. The summed E-state index contributed by atoms with van der Waals surface area (Å²) in [5.74, 6) is 0. The Bertz CT molecular complexity index is 90.2. The lowest BCUT2D eigenvalue weighted by atomic mass is 9.87. The first-order chi connectivity index (χ1) is 4.62. The predicted octanol–water partition coefficient (Wildman–Crippen LogP) is 3.78. The minimum atomic E-state index is 0.356. The Hall–Kier alpha value is -0.260. The van der Waals surface area contributed by atoms with Gasteiger partial charge in [0, 0.05) is 0 Å². The Kier molecular flexibility index (Phi) is 4.42. The molecule has 0 aliphatic rings. The fourth-order valence-corrected chi connectivity index (χ4v) is 0.933. The summed E-state index contributed by atoms with van der Waals surface area (Å²) in [6, 6.07) is 0. The van der Waals surface area contributed by atoms with E-state index in [-0.39, 0.29) is 0 Å². The number of unbranched alkanes of at least 4 members (excludes halogenated alkanes) is 2. The number of hydrogen-bond acceptors (Lipinski definition) is 0. The lowest BCUT2D eigenvalue weighted by Gasteiger charge is -2.18. The van der Waals surface area contributed by atoms with Crippen LogP contribution < -0.4 is 0 Å². The summed E-state index contributed by atoms with van der Waals surface area (Å²) in [4.78, 5) is 0. The topological polar surface area (TPSA) is 0 Å². The number of rotatable bonds is 5. The lowest BCUT2D eigenvalue weighted by Crippen LogP contribution is -2.05. The van der Waals surface area contributed by atoms with Crippen molar-refractivity contribution in [3.05, 3.63) is 12.7 Å². The van der Waals surface area contributed by atoms with Crippen LogP contribution in [0.15, 0.2) is 12.7 Å². The van der Waals surface area contributed by atoms with Gasteiger partial charge in [-0.05, 0) is 11.8 Å². The van der Waals surface area contributed by atoms with Crippen molar-refractivity contribution in [1.29, 1.82) is 0 Å². The van der Waals surface area contributed by atoms with Gasteiger partial charge in [-0.2, -0.15) is 0 Å². The second-order valence-electron chi connectivity index (χ2n) is 3.65. The molecule has 0 N–H and O–H groups in total. The molecule has 0 saturated heterocycles. The standard InChI is InChI=1S/C10H20/c1-5-7-8-9-10(3,4)6-2/h6H,2,5,7-9H2,1,3-4H3. The normalized spacial score (nSPS) is 11.5. The molecule has 0 heteroatoms. The van der Waals surface area contributed by atoms with Gasteiger partial charge >= 0.3 is 0 Å². The molecule has 0 heterocycles. The van der Waals surface area contributed by atoms with E-state index in [0.29, 0.717) is 5.41 Å². The van der Waals surface area contributed by atoms with Crippen molar-refractivity contribution in [1.82, 2.24) is 0 Å². The maximum Gasteiger partial charge on any atom is -0.0178 e. The third kappa shape index (κ3) is 4.60. The van der Waals surface area contributed by atoms with Crippen LogP contribution >= 0.6 is 0 Å². The third-order valence-corrected chi connectivity index (χ3v) is 1.98. The average molecular weight is 140 g/mol. The molecule has 0 amide bonds. The molecule has 0 aliphatic heterocycles. The molecule has 60 valence electrons. The number of hydrogen-bond donors (Lipinski definition) is 0. The highest BCUT2D eigenvalue weighted by atomic mass is 14.2. The molecule has 0 aromatic carbocycles. The molecular weight excluding hydrogens is 120 g/mol. The minimum Gasteiger partial charge on any atom is -0.103 e. The van der Waals surface area contributed by atoms with Crippen LogP contribution in [0.3, 0.4) is 0 Å². The molecule has 10 heavy (non-hydrogen) atoms. The molecule has 0 nitrogen and oxygen atoms in total. The first-order valence-corrected chi connectivity index (χ1v) is 4.26. The maximum atomic E-state index is 3.81. The largest absolute Gasteiger partial charge is 0.103 e. The summed E-state index contributed by atoms with van der Waals surface area (Å²) >= 11 is 0. The van der Waals surface area contributed by atoms with Gasteiger partial charge in [0.15, 0.2) is 0 Å². The quantitative estimate of drug-likeness (QED) is 0.402. The molecule has 0 aromatic heterocycles. The summed E-state index contributed by atoms with van der Waals surface area (Å²) < 4.78 is 0. The molecule has 0 saturated carbocycles. The van der Waals surface area contributed by atoms with Gasteiger partial charge in [0.2, 0.25) is 0 Å². The summed E-state index contributed by atoms with van der Waals surface area (Å²) in [7, 11) is 0. The van der Waals surface area contributed by atoms with Crippen molar-refractivity contribution in [3.8, 4) is 0 Å². The Labute approximate surface area is 65.3 Å². The van der Waals surface area contributed by atoms with Crippen LogP contribution in [-0.2, 0) is 0 Å². The fraction of sp³-hybridized carbons (Fsp3) is 0.800. The zero-order chi connectivity index (χ0) is 8.04. The van der Waals surface area contributed by atoms with Gasteiger partial charge in [-0.3, -0.25) is 0 Å². The van der Waals surface area contributed by atoms with Gasteiger partial charge in [-0.1, -0.05) is 46.1 Å². The summed E-state index contributed by atoms with van der Waals surface area (Å²) in [5, 5.41) is 0. The fourth-order valence-electron chi connectivity index (χ4n) is 0.933. The van der Waals surface area contributed by atoms with Crippen molar-refractivity contribution >= 4 is 0 Å². The van der Waals surface area contributed by atoms with E-state index < -0.39 is 0 Å². The van der Waals surface area contributed by atoms with Crippen molar-refractivity contribution in [3.63, 3.8) is 0 Å². The van der Waals surface area contributed by atoms with Crippen molar-refractivity contribution < 1.29 is 0 Å².